The topological polar surface area (TPSA) is 29.4 Å². The van der Waals surface area contributed by atoms with Gasteiger partial charge < -0.3 is 0 Å². The molecule has 0 N–H and O–H groups in total. The molecule has 0 bridgehead atoms. The van der Waals surface area contributed by atoms with Crippen LogP contribution in [-0.4, -0.2) is 11.5 Å². The van der Waals surface area contributed by atoms with Gasteiger partial charge in [-0.3, -0.25) is 9.79 Å². The lowest BCUT2D eigenvalue weighted by Gasteiger charge is -2.18. The van der Waals surface area contributed by atoms with Crippen molar-refractivity contribution in [1.82, 2.24) is 0 Å². The second-order valence-corrected chi connectivity index (χ2v) is 3.96. The lowest BCUT2D eigenvalue weighted by Crippen LogP contribution is -2.20. The van der Waals surface area contributed by atoms with Gasteiger partial charge >= 0.3 is 0 Å². The Morgan fingerprint density at radius 2 is 2.07 bits per heavy atom. The molecule has 1 aromatic rings. The summed E-state index contributed by atoms with van der Waals surface area (Å²) in [7, 11) is 0. The van der Waals surface area contributed by atoms with Crippen molar-refractivity contribution in [3.63, 3.8) is 0 Å². The van der Waals surface area contributed by atoms with Crippen molar-refractivity contribution < 1.29 is 4.79 Å². The van der Waals surface area contributed by atoms with E-state index in [1.54, 1.807) is 0 Å². The second-order valence-electron chi connectivity index (χ2n) is 3.96. The van der Waals surface area contributed by atoms with Crippen molar-refractivity contribution >= 4 is 17.2 Å². The van der Waals surface area contributed by atoms with Crippen LogP contribution in [0.15, 0.2) is 29.3 Å². The number of nitrogens with zero attached hydrogens (tertiary/aromatic N) is 1. The van der Waals surface area contributed by atoms with Crippen molar-refractivity contribution in [2.24, 2.45) is 4.99 Å². The maximum absolute atomic E-state index is 11.4. The molecule has 0 radical (unpaired) electrons. The van der Waals surface area contributed by atoms with Crippen LogP contribution in [0.25, 0.3) is 0 Å². The summed E-state index contributed by atoms with van der Waals surface area (Å²) in [6.45, 7) is 0. The third-order valence-electron chi connectivity index (χ3n) is 3.07. The summed E-state index contributed by atoms with van der Waals surface area (Å²) in [6, 6.07) is 8.15. The van der Waals surface area contributed by atoms with Gasteiger partial charge in [0.2, 0.25) is 0 Å². The summed E-state index contributed by atoms with van der Waals surface area (Å²) in [4.78, 5) is 15.9. The fourth-order valence-electron chi connectivity index (χ4n) is 2.35. The fourth-order valence-corrected chi connectivity index (χ4v) is 2.35. The van der Waals surface area contributed by atoms with Crippen LogP contribution in [0.4, 0.5) is 5.69 Å². The molecule has 70 valence electrons. The number of carbonyl (C=O) groups excluding carboxylic acids is 1. The molecule has 2 nitrogen and oxygen atoms in total. The Morgan fingerprint density at radius 3 is 3.00 bits per heavy atom. The first-order chi connectivity index (χ1) is 6.84. The van der Waals surface area contributed by atoms with E-state index < -0.39 is 0 Å². The quantitative estimate of drug-likeness (QED) is 0.611. The Balaban J connectivity index is 2.08. The summed E-state index contributed by atoms with van der Waals surface area (Å²) in [5, 5.41) is 0. The first-order valence-electron chi connectivity index (χ1n) is 5.02. The molecule has 3 rings (SSSR count). The molecular weight excluding hydrogens is 174 g/mol. The molecule has 1 saturated carbocycles. The zero-order valence-corrected chi connectivity index (χ0v) is 7.86. The number of carbonyl (C=O) groups is 1. The standard InChI is InChI=1S/C12H11NO/c14-8-5-6-12-10(7-8)9-3-1-2-4-11(9)13-12/h1-4,10H,5-7H2. The normalized spacial score (nSPS) is 24.1. The van der Waals surface area contributed by atoms with Crippen LogP contribution in [0.2, 0.25) is 0 Å². The van der Waals surface area contributed by atoms with Crippen molar-refractivity contribution in [2.45, 2.75) is 25.2 Å². The van der Waals surface area contributed by atoms with Gasteiger partial charge in [-0.05, 0) is 18.1 Å². The number of hydrogen-bond donors (Lipinski definition) is 0. The molecule has 0 aromatic heterocycles. The largest absolute Gasteiger partial charge is 0.300 e. The molecular formula is C12H11NO. The lowest BCUT2D eigenvalue weighted by molar-refractivity contribution is -0.119. The van der Waals surface area contributed by atoms with Crippen molar-refractivity contribution in [3.05, 3.63) is 29.8 Å². The van der Waals surface area contributed by atoms with E-state index in [0.29, 0.717) is 24.5 Å². The zero-order valence-electron chi connectivity index (χ0n) is 7.86. The molecule has 1 atom stereocenters. The Hall–Kier alpha value is -1.44. The van der Waals surface area contributed by atoms with Crippen LogP contribution < -0.4 is 0 Å². The molecule has 1 aromatic carbocycles. The number of aliphatic imine (C=N–C) groups is 1. The van der Waals surface area contributed by atoms with Crippen LogP contribution in [0.5, 0.6) is 0 Å². The Labute approximate surface area is 82.7 Å². The van der Waals surface area contributed by atoms with Gasteiger partial charge in [-0.25, -0.2) is 0 Å². The number of Topliss-reactive ketones (excluding diaryl/α,β-unsaturated/α-hetero) is 1. The molecule has 2 heteroatoms. The van der Waals surface area contributed by atoms with E-state index in [9.17, 15) is 4.79 Å². The van der Waals surface area contributed by atoms with Gasteiger partial charge in [0.1, 0.15) is 5.78 Å². The number of rotatable bonds is 0. The van der Waals surface area contributed by atoms with E-state index in [-0.39, 0.29) is 0 Å². The monoisotopic (exact) mass is 185 g/mol. The van der Waals surface area contributed by atoms with E-state index in [2.05, 4.69) is 11.1 Å². The number of fused-ring (bicyclic) bond motifs is 3. The van der Waals surface area contributed by atoms with Crippen LogP contribution in [-0.2, 0) is 4.79 Å². The van der Waals surface area contributed by atoms with Gasteiger partial charge in [-0.15, -0.1) is 0 Å². The summed E-state index contributed by atoms with van der Waals surface area (Å²) in [6.07, 6.45) is 2.21. The summed E-state index contributed by atoms with van der Waals surface area (Å²) in [5.74, 6) is 0.679. The smallest absolute Gasteiger partial charge is 0.134 e. The predicted octanol–water partition coefficient (Wildman–Crippen LogP) is 2.61. The zero-order chi connectivity index (χ0) is 9.54. The number of para-hydroxylation sites is 1. The van der Waals surface area contributed by atoms with Crippen LogP contribution in [0.3, 0.4) is 0 Å². The SMILES string of the molecule is O=C1CCC2=Nc3ccccc3C2C1. The van der Waals surface area contributed by atoms with E-state index in [0.717, 1.165) is 12.1 Å². The summed E-state index contributed by atoms with van der Waals surface area (Å²) >= 11 is 0. The fraction of sp³-hybridized carbons (Fsp3) is 0.333. The van der Waals surface area contributed by atoms with Crippen LogP contribution in [0.1, 0.15) is 30.7 Å². The molecule has 0 amide bonds. The first kappa shape index (κ1) is 7.92. The summed E-state index contributed by atoms with van der Waals surface area (Å²) < 4.78 is 0. The third kappa shape index (κ3) is 1.03. The highest BCUT2D eigenvalue weighted by Gasteiger charge is 2.32. The predicted molar refractivity (Wildman–Crippen MR) is 55.1 cm³/mol. The van der Waals surface area contributed by atoms with Gasteiger partial charge in [0, 0.05) is 24.5 Å². The second kappa shape index (κ2) is 2.77. The third-order valence-corrected chi connectivity index (χ3v) is 3.07. The molecule has 1 fully saturated rings. The molecule has 1 heterocycles. The van der Waals surface area contributed by atoms with Crippen LogP contribution in [0, 0.1) is 0 Å². The number of ketones is 1. The number of benzene rings is 1. The summed E-state index contributed by atoms with van der Waals surface area (Å²) in [5.41, 5.74) is 3.53. The minimum absolute atomic E-state index is 0.299. The average molecular weight is 185 g/mol. The molecule has 2 aliphatic rings. The van der Waals surface area contributed by atoms with Crippen molar-refractivity contribution in [2.75, 3.05) is 0 Å². The van der Waals surface area contributed by atoms with E-state index in [4.69, 9.17) is 0 Å². The molecule has 0 spiro atoms. The van der Waals surface area contributed by atoms with Crippen molar-refractivity contribution in [3.8, 4) is 0 Å². The molecule has 0 saturated heterocycles. The van der Waals surface area contributed by atoms with Gasteiger partial charge in [0.25, 0.3) is 0 Å². The highest BCUT2D eigenvalue weighted by Crippen LogP contribution is 2.40. The van der Waals surface area contributed by atoms with E-state index >= 15 is 0 Å². The first-order valence-corrected chi connectivity index (χ1v) is 5.02. The van der Waals surface area contributed by atoms with Gasteiger partial charge in [0.15, 0.2) is 0 Å². The Kier molecular flexibility index (Phi) is 1.57. The van der Waals surface area contributed by atoms with E-state index in [1.165, 1.54) is 11.3 Å². The Morgan fingerprint density at radius 1 is 1.21 bits per heavy atom. The molecule has 1 aliphatic heterocycles. The molecule has 14 heavy (non-hydrogen) atoms. The van der Waals surface area contributed by atoms with Crippen molar-refractivity contribution in [1.29, 1.82) is 0 Å². The van der Waals surface area contributed by atoms with Crippen LogP contribution >= 0.6 is 0 Å². The van der Waals surface area contributed by atoms with Gasteiger partial charge in [0.05, 0.1) is 5.69 Å². The molecule has 1 aliphatic carbocycles. The van der Waals surface area contributed by atoms with Gasteiger partial charge in [-0.2, -0.15) is 0 Å². The number of hydrogen-bond acceptors (Lipinski definition) is 2. The highest BCUT2D eigenvalue weighted by molar-refractivity contribution is 6.05. The van der Waals surface area contributed by atoms with E-state index in [1.807, 2.05) is 18.2 Å². The maximum Gasteiger partial charge on any atom is 0.134 e. The lowest BCUT2D eigenvalue weighted by atomic mass is 9.83. The Bertz CT molecular complexity index is 434. The maximum atomic E-state index is 11.4. The molecule has 1 unspecified atom stereocenters. The highest BCUT2D eigenvalue weighted by atomic mass is 16.1. The average Bonchev–Trinajstić information content (AvgIpc) is 2.56. The minimum Gasteiger partial charge on any atom is -0.300 e. The van der Waals surface area contributed by atoms with Gasteiger partial charge in [-0.1, -0.05) is 18.2 Å². The minimum atomic E-state index is 0.299.